The fourth-order valence-electron chi connectivity index (χ4n) is 2.02. The summed E-state index contributed by atoms with van der Waals surface area (Å²) in [6.45, 7) is 6.86. The first-order valence-electron chi connectivity index (χ1n) is 7.39. The molecule has 2 heterocycles. The van der Waals surface area contributed by atoms with Gasteiger partial charge < -0.3 is 14.6 Å². The van der Waals surface area contributed by atoms with E-state index in [1.807, 2.05) is 13.8 Å². The Morgan fingerprint density at radius 2 is 2.04 bits per heavy atom. The van der Waals surface area contributed by atoms with E-state index in [9.17, 15) is 9.59 Å². The van der Waals surface area contributed by atoms with Crippen molar-refractivity contribution in [1.82, 2.24) is 10.1 Å². The predicted molar refractivity (Wildman–Crippen MR) is 88.1 cm³/mol. The largest absolute Gasteiger partial charge is 0.449 e. The minimum Gasteiger partial charge on any atom is -0.449 e. The molecule has 0 bridgehead atoms. The van der Waals surface area contributed by atoms with Crippen LogP contribution in [-0.2, 0) is 9.53 Å². The molecule has 0 fully saturated rings. The fraction of sp³-hybridized carbons (Fsp3) is 0.375. The van der Waals surface area contributed by atoms with Crippen LogP contribution >= 0.6 is 11.6 Å². The van der Waals surface area contributed by atoms with Gasteiger partial charge in [0.05, 0.1) is 11.4 Å². The smallest absolute Gasteiger partial charge is 0.344 e. The van der Waals surface area contributed by atoms with Crippen LogP contribution in [-0.4, -0.2) is 28.1 Å². The van der Waals surface area contributed by atoms with Crippen LogP contribution in [0.15, 0.2) is 22.9 Å². The van der Waals surface area contributed by atoms with Gasteiger partial charge in [0, 0.05) is 12.1 Å². The molecule has 2 aromatic heterocycles. The van der Waals surface area contributed by atoms with Gasteiger partial charge in [0.2, 0.25) is 0 Å². The summed E-state index contributed by atoms with van der Waals surface area (Å²) in [4.78, 5) is 28.4. The lowest BCUT2D eigenvalue weighted by molar-refractivity contribution is -0.123. The molecular formula is C16H18ClN3O4. The second-order valence-electron chi connectivity index (χ2n) is 5.54. The average Bonchev–Trinajstić information content (AvgIpc) is 2.91. The van der Waals surface area contributed by atoms with Crippen LogP contribution in [0.25, 0.3) is 0 Å². The summed E-state index contributed by atoms with van der Waals surface area (Å²) in [6, 6.07) is 3.23. The van der Waals surface area contributed by atoms with Gasteiger partial charge in [-0.25, -0.2) is 9.78 Å². The van der Waals surface area contributed by atoms with E-state index in [0.29, 0.717) is 17.1 Å². The van der Waals surface area contributed by atoms with E-state index in [1.54, 1.807) is 19.1 Å². The standard InChI is InChI=1S/C16H18ClN3O4/c1-8(2)13-12(9(3)20-24-13)16(22)23-10(4)15(21)19-11-6-5-7-18-14(11)17/h5-8,10H,1-4H3,(H,19,21)/t10-/m0/s1. The van der Waals surface area contributed by atoms with Gasteiger partial charge in [0.25, 0.3) is 5.91 Å². The third-order valence-corrected chi connectivity index (χ3v) is 3.59. The van der Waals surface area contributed by atoms with Crippen LogP contribution < -0.4 is 5.32 Å². The second-order valence-corrected chi connectivity index (χ2v) is 5.90. The number of aryl methyl sites for hydroxylation is 1. The summed E-state index contributed by atoms with van der Waals surface area (Å²) in [7, 11) is 0. The number of aromatic nitrogens is 2. The molecule has 2 aromatic rings. The van der Waals surface area contributed by atoms with E-state index in [-0.39, 0.29) is 16.6 Å². The van der Waals surface area contributed by atoms with Crippen molar-refractivity contribution in [2.24, 2.45) is 0 Å². The number of carbonyl (C=O) groups is 2. The van der Waals surface area contributed by atoms with Crippen LogP contribution in [0, 0.1) is 6.92 Å². The van der Waals surface area contributed by atoms with E-state index in [0.717, 1.165) is 0 Å². The summed E-state index contributed by atoms with van der Waals surface area (Å²) < 4.78 is 10.4. The third kappa shape index (κ3) is 3.91. The van der Waals surface area contributed by atoms with Crippen molar-refractivity contribution in [2.75, 3.05) is 5.32 Å². The number of ether oxygens (including phenoxy) is 1. The minimum absolute atomic E-state index is 0.0351. The lowest BCUT2D eigenvalue weighted by Gasteiger charge is -2.14. The number of rotatable bonds is 5. The highest BCUT2D eigenvalue weighted by atomic mass is 35.5. The summed E-state index contributed by atoms with van der Waals surface area (Å²) in [5.74, 6) is -0.775. The Bertz CT molecular complexity index is 758. The second kappa shape index (κ2) is 7.44. The molecule has 1 atom stereocenters. The SMILES string of the molecule is Cc1noc(C(C)C)c1C(=O)O[C@@H](C)C(=O)Nc1cccnc1Cl. The van der Waals surface area contributed by atoms with Crippen molar-refractivity contribution in [1.29, 1.82) is 0 Å². The molecule has 0 unspecified atom stereocenters. The van der Waals surface area contributed by atoms with Gasteiger partial charge in [-0.1, -0.05) is 30.6 Å². The van der Waals surface area contributed by atoms with E-state index in [2.05, 4.69) is 15.5 Å². The molecule has 0 saturated carbocycles. The monoisotopic (exact) mass is 351 g/mol. The molecule has 0 aliphatic heterocycles. The first-order chi connectivity index (χ1) is 11.3. The first-order valence-corrected chi connectivity index (χ1v) is 7.77. The van der Waals surface area contributed by atoms with Crippen LogP contribution in [0.3, 0.4) is 0 Å². The molecule has 0 aromatic carbocycles. The van der Waals surface area contributed by atoms with Gasteiger partial charge in [0.15, 0.2) is 17.0 Å². The van der Waals surface area contributed by atoms with Crippen molar-refractivity contribution in [3.05, 3.63) is 40.5 Å². The zero-order valence-electron chi connectivity index (χ0n) is 13.8. The molecule has 1 N–H and O–H groups in total. The zero-order chi connectivity index (χ0) is 17.9. The van der Waals surface area contributed by atoms with Crippen molar-refractivity contribution >= 4 is 29.2 Å². The van der Waals surface area contributed by atoms with Gasteiger partial charge in [-0.05, 0) is 26.0 Å². The quantitative estimate of drug-likeness (QED) is 0.655. The molecule has 24 heavy (non-hydrogen) atoms. The highest BCUT2D eigenvalue weighted by Crippen LogP contribution is 2.24. The third-order valence-electron chi connectivity index (χ3n) is 3.29. The highest BCUT2D eigenvalue weighted by molar-refractivity contribution is 6.32. The van der Waals surface area contributed by atoms with Crippen LogP contribution in [0.5, 0.6) is 0 Å². The molecule has 0 aliphatic rings. The number of pyridine rings is 1. The highest BCUT2D eigenvalue weighted by Gasteiger charge is 2.27. The molecule has 2 rings (SSSR count). The van der Waals surface area contributed by atoms with Crippen LogP contribution in [0.1, 0.15) is 48.5 Å². The number of hydrogen-bond acceptors (Lipinski definition) is 6. The number of hydrogen-bond donors (Lipinski definition) is 1. The maximum absolute atomic E-state index is 12.3. The van der Waals surface area contributed by atoms with Crippen molar-refractivity contribution in [3.63, 3.8) is 0 Å². The maximum Gasteiger partial charge on any atom is 0.344 e. The molecule has 1 amide bonds. The molecule has 7 nitrogen and oxygen atoms in total. The molecule has 0 radical (unpaired) electrons. The van der Waals surface area contributed by atoms with Gasteiger partial charge in [-0.15, -0.1) is 0 Å². The summed E-state index contributed by atoms with van der Waals surface area (Å²) in [6.07, 6.45) is 0.479. The van der Waals surface area contributed by atoms with E-state index >= 15 is 0 Å². The Kier molecular flexibility index (Phi) is 5.56. The number of anilines is 1. The first kappa shape index (κ1) is 17.9. The molecular weight excluding hydrogens is 334 g/mol. The Morgan fingerprint density at radius 3 is 2.67 bits per heavy atom. The summed E-state index contributed by atoms with van der Waals surface area (Å²) in [5, 5.41) is 6.51. The molecule has 0 spiro atoms. The molecule has 0 saturated heterocycles. The van der Waals surface area contributed by atoms with Gasteiger partial charge >= 0.3 is 5.97 Å². The van der Waals surface area contributed by atoms with E-state index in [1.165, 1.54) is 13.1 Å². The van der Waals surface area contributed by atoms with Gasteiger partial charge in [-0.2, -0.15) is 0 Å². The van der Waals surface area contributed by atoms with Crippen molar-refractivity contribution in [3.8, 4) is 0 Å². The zero-order valence-corrected chi connectivity index (χ0v) is 14.5. The summed E-state index contributed by atoms with van der Waals surface area (Å²) >= 11 is 5.88. The topological polar surface area (TPSA) is 94.3 Å². The number of nitrogens with zero attached hydrogens (tertiary/aromatic N) is 2. The number of carbonyl (C=O) groups excluding carboxylic acids is 2. The maximum atomic E-state index is 12.3. The Balaban J connectivity index is 2.08. The number of esters is 1. The number of nitrogens with one attached hydrogen (secondary N) is 1. The van der Waals surface area contributed by atoms with Crippen LogP contribution in [0.4, 0.5) is 5.69 Å². The number of halogens is 1. The Labute approximate surface area is 144 Å². The summed E-state index contributed by atoms with van der Waals surface area (Å²) in [5.41, 5.74) is 1.02. The van der Waals surface area contributed by atoms with Crippen molar-refractivity contribution < 1.29 is 18.8 Å². The van der Waals surface area contributed by atoms with Crippen molar-refractivity contribution in [2.45, 2.75) is 39.7 Å². The Hall–Kier alpha value is -2.41. The van der Waals surface area contributed by atoms with E-state index < -0.39 is 18.0 Å². The van der Waals surface area contributed by atoms with Crippen LogP contribution in [0.2, 0.25) is 5.15 Å². The molecule has 128 valence electrons. The van der Waals surface area contributed by atoms with E-state index in [4.69, 9.17) is 20.9 Å². The minimum atomic E-state index is -1.02. The fourth-order valence-corrected chi connectivity index (χ4v) is 2.18. The lowest BCUT2D eigenvalue weighted by atomic mass is 10.1. The normalized spacial score (nSPS) is 12.1. The Morgan fingerprint density at radius 1 is 1.33 bits per heavy atom. The number of amides is 1. The predicted octanol–water partition coefficient (Wildman–Crippen LogP) is 3.34. The van der Waals surface area contributed by atoms with Gasteiger partial charge in [0.1, 0.15) is 5.56 Å². The molecule has 0 aliphatic carbocycles. The lowest BCUT2D eigenvalue weighted by Crippen LogP contribution is -2.30. The van der Waals surface area contributed by atoms with Gasteiger partial charge in [-0.3, -0.25) is 4.79 Å². The molecule has 8 heteroatoms. The average molecular weight is 352 g/mol.